The maximum atomic E-state index is 14.6. The molecule has 17 nitrogen and oxygen atoms in total. The van der Waals surface area contributed by atoms with Crippen LogP contribution >= 0.6 is 0 Å². The number of benzene rings is 1. The van der Waals surface area contributed by atoms with Gasteiger partial charge in [0, 0.05) is 56.0 Å². The molecule has 17 heteroatoms. The van der Waals surface area contributed by atoms with Crippen molar-refractivity contribution in [3.63, 3.8) is 0 Å². The number of carbonyl (C=O) groups excluding carboxylic acids is 6. The van der Waals surface area contributed by atoms with Crippen LogP contribution in [0.2, 0.25) is 0 Å². The number of hydrogen-bond acceptors (Lipinski definition) is 12. The molecule has 7 N–H and O–H groups in total. The SMILES string of the molecule is CCCCCCCCCCCCNCCCN(NCCCCCCCCCCCC)C(=O)NC(=O)c1cc(C(=O)NCCCN(CCCCCCCCCCCC)CC(=O)OCCCCCCCCC)cc(C(=O)NC(=O)N(CCCNCCCCCCCCCCCC)NCCCCCCCCCCCC)c1. The molecule has 1 aromatic rings. The van der Waals surface area contributed by atoms with Gasteiger partial charge in [-0.15, -0.1) is 0 Å². The van der Waals surface area contributed by atoms with Crippen LogP contribution in [0.4, 0.5) is 9.59 Å². The summed E-state index contributed by atoms with van der Waals surface area (Å²) in [6, 6.07) is 2.94. The molecule has 7 amide bonds. The zero-order chi connectivity index (χ0) is 78.3. The van der Waals surface area contributed by atoms with Crippen LogP contribution in [-0.4, -0.2) is 136 Å². The van der Waals surface area contributed by atoms with Gasteiger partial charge in [0.05, 0.1) is 13.2 Å². The molecule has 0 aliphatic heterocycles. The van der Waals surface area contributed by atoms with E-state index in [0.717, 1.165) is 123 Å². The Labute approximate surface area is 665 Å². The fourth-order valence-electron chi connectivity index (χ4n) is 14.3. The Morgan fingerprint density at radius 3 is 0.843 bits per heavy atom. The third-order valence-electron chi connectivity index (χ3n) is 21.3. The topological polar surface area (TPSA) is 206 Å². The molecule has 630 valence electrons. The van der Waals surface area contributed by atoms with Crippen molar-refractivity contribution in [1.82, 2.24) is 52.4 Å². The zero-order valence-corrected chi connectivity index (χ0v) is 71.6. The summed E-state index contributed by atoms with van der Waals surface area (Å²) >= 11 is 0. The molecule has 108 heavy (non-hydrogen) atoms. The number of esters is 1. The van der Waals surface area contributed by atoms with Gasteiger partial charge in [-0.2, -0.15) is 0 Å². The lowest BCUT2D eigenvalue weighted by Gasteiger charge is -2.24. The highest BCUT2D eigenvalue weighted by Gasteiger charge is 2.24. The summed E-state index contributed by atoms with van der Waals surface area (Å²) in [7, 11) is 0. The second-order valence-corrected chi connectivity index (χ2v) is 31.8. The van der Waals surface area contributed by atoms with E-state index in [4.69, 9.17) is 4.74 Å². The van der Waals surface area contributed by atoms with Gasteiger partial charge in [-0.1, -0.05) is 369 Å². The zero-order valence-electron chi connectivity index (χ0n) is 71.6. The molecular formula is C91H174N10O7. The number of nitrogens with one attached hydrogen (secondary N) is 7. The molecule has 1 aromatic carbocycles. The number of unbranched alkanes of at least 4 members (excludes halogenated alkanes) is 51. The average molecular weight is 1520 g/mol. The summed E-state index contributed by atoms with van der Waals surface area (Å²) in [4.78, 5) is 87.8. The fourth-order valence-corrected chi connectivity index (χ4v) is 14.3. The van der Waals surface area contributed by atoms with Crippen LogP contribution in [0, 0.1) is 0 Å². The van der Waals surface area contributed by atoms with E-state index in [1.165, 1.54) is 304 Å². The van der Waals surface area contributed by atoms with Crippen LogP contribution in [0.25, 0.3) is 0 Å². The first kappa shape index (κ1) is 102. The molecule has 0 bridgehead atoms. The van der Waals surface area contributed by atoms with E-state index in [2.05, 4.69) is 83.9 Å². The van der Waals surface area contributed by atoms with Crippen molar-refractivity contribution in [2.24, 2.45) is 0 Å². The van der Waals surface area contributed by atoms with Crippen molar-refractivity contribution in [1.29, 1.82) is 0 Å². The van der Waals surface area contributed by atoms with Gasteiger partial charge < -0.3 is 20.7 Å². The van der Waals surface area contributed by atoms with Crippen LogP contribution in [0.1, 0.15) is 458 Å². The van der Waals surface area contributed by atoms with E-state index in [9.17, 15) is 28.8 Å². The van der Waals surface area contributed by atoms with E-state index in [1.807, 2.05) is 0 Å². The van der Waals surface area contributed by atoms with E-state index in [0.29, 0.717) is 58.6 Å². The Bertz CT molecular complexity index is 2120. The summed E-state index contributed by atoms with van der Waals surface area (Å²) in [5, 5.41) is 18.4. The molecule has 0 aliphatic rings. The lowest BCUT2D eigenvalue weighted by molar-refractivity contribution is -0.145. The van der Waals surface area contributed by atoms with Gasteiger partial charge in [0.25, 0.3) is 17.7 Å². The summed E-state index contributed by atoms with van der Waals surface area (Å²) in [6.45, 7) is 20.8. The number of carbonyl (C=O) groups is 6. The second kappa shape index (κ2) is 79.5. The molecule has 0 unspecified atom stereocenters. The molecule has 0 radical (unpaired) electrons. The van der Waals surface area contributed by atoms with Crippen molar-refractivity contribution in [2.75, 3.05) is 85.1 Å². The lowest BCUT2D eigenvalue weighted by atomic mass is 10.0. The number of hydrazine groups is 2. The number of rotatable bonds is 82. The number of ether oxygens (including phenoxy) is 1. The first-order valence-electron chi connectivity index (χ1n) is 46.5. The molecule has 1 rings (SSSR count). The van der Waals surface area contributed by atoms with Crippen molar-refractivity contribution in [3.8, 4) is 0 Å². The minimum atomic E-state index is -0.772. The summed E-state index contributed by atoms with van der Waals surface area (Å²) in [5.41, 5.74) is 6.60. The van der Waals surface area contributed by atoms with Crippen LogP contribution in [0.5, 0.6) is 0 Å². The smallest absolute Gasteiger partial charge is 0.338 e. The highest BCUT2D eigenvalue weighted by Crippen LogP contribution is 2.18. The predicted octanol–water partition coefficient (Wildman–Crippen LogP) is 23.3. The molecule has 0 heterocycles. The van der Waals surface area contributed by atoms with E-state index >= 15 is 0 Å². The normalized spacial score (nSPS) is 11.4. The van der Waals surface area contributed by atoms with Gasteiger partial charge in [0.15, 0.2) is 0 Å². The molecular weight excluding hydrogens is 1350 g/mol. The Kier molecular flexibility index (Phi) is 75.0. The molecule has 0 aromatic heterocycles. The standard InChI is InChI=1S/C91H174N10O7/c1-7-13-19-25-31-36-41-46-52-58-67-92-69-64-76-100(95-72-60-54-48-43-38-33-27-21-15-9-3)90(106)97-88(104)84-79-83(87(103)94-71-66-75-99(74-62-56-50-45-40-35-29-23-17-11-5)82-86(102)108-78-63-57-51-30-24-18-12-6)80-85(81-84)89(105)98-91(107)101(96-73-61-55-49-44-39-34-28-22-16-10-4)77-65-70-93-68-59-53-47-42-37-32-26-20-14-8-2/h79-81,92-93,95-96H,7-78,82H2,1-6H3,(H,94,103)(H,97,104,106)(H,98,105,107). The monoisotopic (exact) mass is 1520 g/mol. The van der Waals surface area contributed by atoms with E-state index in [-0.39, 0.29) is 35.7 Å². The highest BCUT2D eigenvalue weighted by molar-refractivity contribution is 6.10. The third kappa shape index (κ3) is 64.4. The molecule has 0 aliphatic carbocycles. The number of nitrogens with zero attached hydrogens (tertiary/aromatic N) is 3. The average Bonchev–Trinajstić information content (AvgIpc) is 0.820. The quantitative estimate of drug-likeness (QED) is 0.0185. The van der Waals surface area contributed by atoms with Gasteiger partial charge in [-0.3, -0.25) is 44.7 Å². The Hall–Kier alpha value is -4.16. The maximum absolute atomic E-state index is 14.6. The van der Waals surface area contributed by atoms with Crippen molar-refractivity contribution >= 4 is 35.8 Å². The van der Waals surface area contributed by atoms with Gasteiger partial charge >= 0.3 is 18.0 Å². The maximum Gasteiger partial charge on any atom is 0.338 e. The number of amides is 7. The van der Waals surface area contributed by atoms with Crippen LogP contribution in [0.15, 0.2) is 18.2 Å². The molecule has 0 atom stereocenters. The van der Waals surface area contributed by atoms with Crippen LogP contribution in [-0.2, 0) is 9.53 Å². The van der Waals surface area contributed by atoms with Crippen LogP contribution in [0.3, 0.4) is 0 Å². The molecule has 0 fully saturated rings. The number of urea groups is 2. The Balaban J connectivity index is 3.48. The molecule has 0 spiro atoms. The van der Waals surface area contributed by atoms with Crippen molar-refractivity contribution in [2.45, 2.75) is 427 Å². The number of hydrogen-bond donors (Lipinski definition) is 7. The highest BCUT2D eigenvalue weighted by atomic mass is 16.5. The summed E-state index contributed by atoms with van der Waals surface area (Å²) < 4.78 is 5.77. The fraction of sp³-hybridized carbons (Fsp3) is 0.868. The van der Waals surface area contributed by atoms with Gasteiger partial charge in [0.2, 0.25) is 0 Å². The third-order valence-corrected chi connectivity index (χ3v) is 21.3. The van der Waals surface area contributed by atoms with E-state index < -0.39 is 29.8 Å². The first-order chi connectivity index (χ1) is 53.0. The van der Waals surface area contributed by atoms with Gasteiger partial charge in [0.1, 0.15) is 0 Å². The lowest BCUT2D eigenvalue weighted by Crippen LogP contribution is -2.51. The van der Waals surface area contributed by atoms with E-state index in [1.54, 1.807) is 0 Å². The first-order valence-corrected chi connectivity index (χ1v) is 46.5. The Morgan fingerprint density at radius 1 is 0.269 bits per heavy atom. The van der Waals surface area contributed by atoms with Gasteiger partial charge in [-0.25, -0.2) is 20.4 Å². The minimum absolute atomic E-state index is 0.0395. The predicted molar refractivity (Wildman–Crippen MR) is 458 cm³/mol. The van der Waals surface area contributed by atoms with Gasteiger partial charge in [-0.05, 0) is 109 Å². The summed E-state index contributed by atoms with van der Waals surface area (Å²) in [6.07, 6.45) is 71.5. The van der Waals surface area contributed by atoms with Crippen LogP contribution < -0.4 is 37.4 Å². The van der Waals surface area contributed by atoms with Crippen molar-refractivity contribution in [3.05, 3.63) is 34.9 Å². The second-order valence-electron chi connectivity index (χ2n) is 31.8. The summed E-state index contributed by atoms with van der Waals surface area (Å²) in [5.74, 6) is -2.28. The molecule has 0 saturated carbocycles. The largest absolute Gasteiger partial charge is 0.465 e. The Morgan fingerprint density at radius 2 is 0.519 bits per heavy atom. The molecule has 0 saturated heterocycles. The van der Waals surface area contributed by atoms with Crippen molar-refractivity contribution < 1.29 is 33.5 Å². The minimum Gasteiger partial charge on any atom is -0.465 e. The number of imide groups is 2.